The third-order valence-electron chi connectivity index (χ3n) is 6.35. The molecule has 0 spiro atoms. The lowest BCUT2D eigenvalue weighted by atomic mass is 10.1. The molecule has 1 unspecified atom stereocenters. The molecule has 1 aliphatic rings. The topological polar surface area (TPSA) is 132 Å². The number of nitrogens with one attached hydrogen (secondary N) is 2. The predicted molar refractivity (Wildman–Crippen MR) is 138 cm³/mol. The number of rotatable bonds is 9. The number of H-pyrrole nitrogens is 1. The molecule has 1 aromatic heterocycles. The van der Waals surface area contributed by atoms with Crippen LogP contribution in [0.1, 0.15) is 30.3 Å². The molecule has 2 N–H and O–H groups in total. The minimum atomic E-state index is -3.82. The van der Waals surface area contributed by atoms with Gasteiger partial charge in [0.1, 0.15) is 17.3 Å². The van der Waals surface area contributed by atoms with E-state index in [9.17, 15) is 13.2 Å². The molecular formula is C25H32N4O7S. The number of aromatic nitrogens is 2. The third-order valence-corrected chi connectivity index (χ3v) is 8.24. The molecule has 1 atom stereocenters. The van der Waals surface area contributed by atoms with E-state index < -0.39 is 21.7 Å². The zero-order chi connectivity index (χ0) is 26.7. The Labute approximate surface area is 215 Å². The van der Waals surface area contributed by atoms with Gasteiger partial charge in [-0.2, -0.15) is 4.98 Å². The van der Waals surface area contributed by atoms with Gasteiger partial charge in [-0.15, -0.1) is 0 Å². The Hall–Kier alpha value is -3.19. The summed E-state index contributed by atoms with van der Waals surface area (Å²) in [4.78, 5) is 20.9. The first-order valence-corrected chi connectivity index (χ1v) is 13.3. The van der Waals surface area contributed by atoms with Crippen LogP contribution < -0.4 is 25.1 Å². The van der Waals surface area contributed by atoms with Gasteiger partial charge < -0.3 is 29.2 Å². The number of ether oxygens (including phenoxy) is 4. The molecule has 1 aliphatic heterocycles. The number of nitrogens with zero attached hydrogens (tertiary/aromatic N) is 2. The van der Waals surface area contributed by atoms with Crippen molar-refractivity contribution in [1.82, 2.24) is 19.6 Å². The molecule has 11 nitrogen and oxygen atoms in total. The maximum atomic E-state index is 13.4. The van der Waals surface area contributed by atoms with Crippen LogP contribution >= 0.6 is 0 Å². The van der Waals surface area contributed by atoms with Gasteiger partial charge in [0.25, 0.3) is 5.56 Å². The van der Waals surface area contributed by atoms with E-state index >= 15 is 0 Å². The van der Waals surface area contributed by atoms with Crippen LogP contribution in [0.4, 0.5) is 0 Å². The van der Waals surface area contributed by atoms with Crippen molar-refractivity contribution in [1.29, 1.82) is 0 Å². The van der Waals surface area contributed by atoms with E-state index in [-0.39, 0.29) is 33.7 Å². The maximum Gasteiger partial charge on any atom is 0.284 e. The summed E-state index contributed by atoms with van der Waals surface area (Å²) in [7, 11) is 3.48. The zero-order valence-electron chi connectivity index (χ0n) is 21.5. The second kappa shape index (κ2) is 11.1. The second-order valence-corrected chi connectivity index (χ2v) is 10.9. The van der Waals surface area contributed by atoms with Gasteiger partial charge in [-0.1, -0.05) is 18.2 Å². The highest BCUT2D eigenvalue weighted by Gasteiger charge is 2.31. The Balaban J connectivity index is 1.96. The van der Waals surface area contributed by atoms with Gasteiger partial charge in [-0.05, 0) is 32.0 Å². The van der Waals surface area contributed by atoms with E-state index in [1.54, 1.807) is 24.3 Å². The van der Waals surface area contributed by atoms with Crippen LogP contribution in [-0.4, -0.2) is 77.3 Å². The van der Waals surface area contributed by atoms with E-state index in [1.165, 1.54) is 41.5 Å². The van der Waals surface area contributed by atoms with E-state index in [0.717, 1.165) is 30.2 Å². The first-order valence-electron chi connectivity index (χ1n) is 11.8. The van der Waals surface area contributed by atoms with Gasteiger partial charge in [0.2, 0.25) is 15.8 Å². The SMILES string of the molecule is COc1cc2[nH]c(C(OC3CCNCC3)c3ccccc3S(=O)(=O)N(C)C)nc(=O)c2c(OC)c1OC. The molecule has 0 radical (unpaired) electrons. The number of aromatic amines is 1. The number of methoxy groups -OCH3 is 3. The standard InChI is InChI=1S/C25H32N4O7S/c1-29(2)37(31,32)19-9-7-6-8-16(19)21(36-15-10-12-26-13-11-15)24-27-17-14-18(33-3)22(34-4)23(35-5)20(17)25(30)28-24/h6-9,14-15,21,26H,10-13H2,1-5H3,(H,27,28,30). The number of hydrogen-bond donors (Lipinski definition) is 2. The Morgan fingerprint density at radius 3 is 2.32 bits per heavy atom. The monoisotopic (exact) mass is 532 g/mol. The van der Waals surface area contributed by atoms with Crippen molar-refractivity contribution in [2.75, 3.05) is 48.5 Å². The lowest BCUT2D eigenvalue weighted by Crippen LogP contribution is -2.34. The van der Waals surface area contributed by atoms with Crippen molar-refractivity contribution in [3.05, 3.63) is 52.1 Å². The first-order chi connectivity index (χ1) is 17.7. The Bertz CT molecular complexity index is 1430. The lowest BCUT2D eigenvalue weighted by molar-refractivity contribution is -0.0131. The fourth-order valence-electron chi connectivity index (χ4n) is 4.46. The second-order valence-electron chi connectivity index (χ2n) is 8.79. The van der Waals surface area contributed by atoms with Gasteiger partial charge in [0.05, 0.1) is 37.8 Å². The minimum absolute atomic E-state index is 0.0755. The van der Waals surface area contributed by atoms with Crippen LogP contribution in [0.3, 0.4) is 0 Å². The molecule has 1 fully saturated rings. The molecule has 0 saturated carbocycles. The largest absolute Gasteiger partial charge is 0.493 e. The van der Waals surface area contributed by atoms with Crippen molar-refractivity contribution in [3.8, 4) is 17.2 Å². The summed E-state index contributed by atoms with van der Waals surface area (Å²) in [6.45, 7) is 1.54. The molecule has 37 heavy (non-hydrogen) atoms. The average molecular weight is 533 g/mol. The van der Waals surface area contributed by atoms with Crippen molar-refractivity contribution >= 4 is 20.9 Å². The molecule has 200 valence electrons. The summed E-state index contributed by atoms with van der Waals surface area (Å²) < 4.78 is 50.4. The summed E-state index contributed by atoms with van der Waals surface area (Å²) in [6, 6.07) is 8.22. The predicted octanol–water partition coefficient (Wildman–Crippen LogP) is 2.06. The summed E-state index contributed by atoms with van der Waals surface area (Å²) in [5.74, 6) is 0.976. The summed E-state index contributed by atoms with van der Waals surface area (Å²) in [5, 5.41) is 3.47. The highest BCUT2D eigenvalue weighted by atomic mass is 32.2. The van der Waals surface area contributed by atoms with E-state index in [1.807, 2.05) is 0 Å². The van der Waals surface area contributed by atoms with Gasteiger partial charge >= 0.3 is 0 Å². The van der Waals surface area contributed by atoms with Crippen molar-refractivity contribution in [3.63, 3.8) is 0 Å². The molecule has 0 amide bonds. The number of hydrogen-bond acceptors (Lipinski definition) is 9. The Morgan fingerprint density at radius 1 is 1.03 bits per heavy atom. The van der Waals surface area contributed by atoms with Crippen LogP contribution in [0.25, 0.3) is 10.9 Å². The zero-order valence-corrected chi connectivity index (χ0v) is 22.3. The normalized spacial score (nSPS) is 15.6. The van der Waals surface area contributed by atoms with Gasteiger partial charge in [-0.25, -0.2) is 12.7 Å². The van der Waals surface area contributed by atoms with Gasteiger partial charge in [0, 0.05) is 25.7 Å². The number of piperidine rings is 1. The van der Waals surface area contributed by atoms with Crippen LogP contribution in [-0.2, 0) is 14.8 Å². The highest BCUT2D eigenvalue weighted by molar-refractivity contribution is 7.89. The van der Waals surface area contributed by atoms with E-state index in [2.05, 4.69) is 15.3 Å². The molecule has 0 bridgehead atoms. The first kappa shape index (κ1) is 26.9. The summed E-state index contributed by atoms with van der Waals surface area (Å²) >= 11 is 0. The molecule has 2 heterocycles. The van der Waals surface area contributed by atoms with E-state index in [4.69, 9.17) is 18.9 Å². The lowest BCUT2D eigenvalue weighted by Gasteiger charge is -2.29. The van der Waals surface area contributed by atoms with Crippen molar-refractivity contribution < 1.29 is 27.4 Å². The molecule has 3 aromatic rings. The van der Waals surface area contributed by atoms with E-state index in [0.29, 0.717) is 16.8 Å². The fourth-order valence-corrected chi connectivity index (χ4v) is 5.58. The minimum Gasteiger partial charge on any atom is -0.493 e. The average Bonchev–Trinajstić information content (AvgIpc) is 2.90. The maximum absolute atomic E-state index is 13.4. The summed E-state index contributed by atoms with van der Waals surface area (Å²) in [5.41, 5.74) is 0.189. The van der Waals surface area contributed by atoms with Crippen molar-refractivity contribution in [2.24, 2.45) is 0 Å². The van der Waals surface area contributed by atoms with Crippen LogP contribution in [0, 0.1) is 0 Å². The molecule has 12 heteroatoms. The highest BCUT2D eigenvalue weighted by Crippen LogP contribution is 2.42. The number of sulfonamides is 1. The van der Waals surface area contributed by atoms with Crippen LogP contribution in [0.2, 0.25) is 0 Å². The Morgan fingerprint density at radius 2 is 1.70 bits per heavy atom. The molecule has 2 aromatic carbocycles. The summed E-state index contributed by atoms with van der Waals surface area (Å²) in [6.07, 6.45) is 0.346. The quantitative estimate of drug-likeness (QED) is 0.425. The smallest absolute Gasteiger partial charge is 0.284 e. The van der Waals surface area contributed by atoms with Crippen LogP contribution in [0.5, 0.6) is 17.2 Å². The molecule has 1 saturated heterocycles. The van der Waals surface area contributed by atoms with Crippen LogP contribution in [0.15, 0.2) is 40.0 Å². The third kappa shape index (κ3) is 5.14. The van der Waals surface area contributed by atoms with Crippen molar-refractivity contribution in [2.45, 2.75) is 29.9 Å². The van der Waals surface area contributed by atoms with Gasteiger partial charge in [0.15, 0.2) is 11.5 Å². The Kier molecular flexibility index (Phi) is 8.02. The van der Waals surface area contributed by atoms with Gasteiger partial charge in [-0.3, -0.25) is 4.79 Å². The molecule has 0 aliphatic carbocycles. The fraction of sp³-hybridized carbons (Fsp3) is 0.440. The number of benzene rings is 2. The molecule has 4 rings (SSSR count). The number of fused-ring (bicyclic) bond motifs is 1. The molecular weight excluding hydrogens is 500 g/mol.